The molecule has 8 heteroatoms. The van der Waals surface area contributed by atoms with Gasteiger partial charge in [-0.25, -0.2) is 8.42 Å². The van der Waals surface area contributed by atoms with Crippen molar-refractivity contribution in [3.63, 3.8) is 0 Å². The van der Waals surface area contributed by atoms with E-state index in [9.17, 15) is 13.2 Å². The third-order valence-electron chi connectivity index (χ3n) is 6.27. The van der Waals surface area contributed by atoms with Crippen LogP contribution in [-0.2, 0) is 23.6 Å². The summed E-state index contributed by atoms with van der Waals surface area (Å²) >= 11 is 0. The first kappa shape index (κ1) is 21.5. The second kappa shape index (κ2) is 8.43. The average molecular weight is 441 g/mol. The maximum atomic E-state index is 13.2. The Hall–Kier alpha value is -2.71. The van der Waals surface area contributed by atoms with Crippen LogP contribution in [0.4, 0.5) is 0 Å². The first-order chi connectivity index (χ1) is 14.8. The van der Waals surface area contributed by atoms with Gasteiger partial charge >= 0.3 is 0 Å². The molecule has 0 spiro atoms. The molecule has 1 aromatic carbocycles. The summed E-state index contributed by atoms with van der Waals surface area (Å²) in [7, 11) is -1.90. The highest BCUT2D eigenvalue weighted by molar-refractivity contribution is 7.89. The predicted molar refractivity (Wildman–Crippen MR) is 120 cm³/mol. The Kier molecular flexibility index (Phi) is 5.85. The summed E-state index contributed by atoms with van der Waals surface area (Å²) < 4.78 is 29.6. The van der Waals surface area contributed by atoms with Crippen molar-refractivity contribution in [1.82, 2.24) is 19.2 Å². The van der Waals surface area contributed by atoms with Gasteiger partial charge in [-0.15, -0.1) is 0 Å². The average Bonchev–Trinajstić information content (AvgIpc) is 3.07. The standard InChI is InChI=1S/C23H28N4O3S/c1-16-8-10-27(11-9-16)31(29,30)22-12-21(26(3)17(22)2)23(28)25-15-19-14-24-13-18-6-4-5-7-20(18)19/h4-7,12-14,16H,8-11,15H2,1-3H3,(H,25,28). The number of amides is 1. The predicted octanol–water partition coefficient (Wildman–Crippen LogP) is 3.23. The lowest BCUT2D eigenvalue weighted by molar-refractivity contribution is 0.0942. The number of nitrogens with zero attached hydrogens (tertiary/aromatic N) is 3. The van der Waals surface area contributed by atoms with Crippen LogP contribution in [0.3, 0.4) is 0 Å². The SMILES string of the molecule is Cc1c(S(=O)(=O)N2CCC(C)CC2)cc(C(=O)NCc2cncc3ccccc23)n1C. The number of hydrogen-bond acceptors (Lipinski definition) is 4. The molecule has 0 atom stereocenters. The molecule has 0 saturated carbocycles. The van der Waals surface area contributed by atoms with E-state index in [0.29, 0.717) is 36.9 Å². The molecule has 1 amide bonds. The number of hydrogen-bond donors (Lipinski definition) is 1. The summed E-state index contributed by atoms with van der Waals surface area (Å²) in [6.07, 6.45) is 5.25. The van der Waals surface area contributed by atoms with Crippen LogP contribution in [0, 0.1) is 12.8 Å². The number of sulfonamides is 1. The zero-order valence-electron chi connectivity index (χ0n) is 18.1. The van der Waals surface area contributed by atoms with Crippen LogP contribution >= 0.6 is 0 Å². The summed E-state index contributed by atoms with van der Waals surface area (Å²) in [5.74, 6) is 0.223. The minimum atomic E-state index is -3.62. The van der Waals surface area contributed by atoms with Crippen LogP contribution in [0.2, 0.25) is 0 Å². The molecule has 3 aromatic rings. The van der Waals surface area contributed by atoms with Crippen molar-refractivity contribution in [3.8, 4) is 0 Å². The lowest BCUT2D eigenvalue weighted by Gasteiger charge is -2.29. The van der Waals surface area contributed by atoms with E-state index in [2.05, 4.69) is 17.2 Å². The van der Waals surface area contributed by atoms with Crippen LogP contribution in [0.15, 0.2) is 47.6 Å². The molecule has 0 bridgehead atoms. The molecule has 1 saturated heterocycles. The fraction of sp³-hybridized carbons (Fsp3) is 0.391. The van der Waals surface area contributed by atoms with Gasteiger partial charge in [0, 0.05) is 50.2 Å². The fourth-order valence-corrected chi connectivity index (χ4v) is 5.84. The molecular formula is C23H28N4O3S. The summed E-state index contributed by atoms with van der Waals surface area (Å²) in [5.41, 5.74) is 1.80. The molecule has 1 N–H and O–H groups in total. The topological polar surface area (TPSA) is 84.3 Å². The smallest absolute Gasteiger partial charge is 0.268 e. The van der Waals surface area contributed by atoms with Gasteiger partial charge < -0.3 is 9.88 Å². The molecule has 1 aliphatic rings. The molecule has 7 nitrogen and oxygen atoms in total. The fourth-order valence-electron chi connectivity index (χ4n) is 4.10. The van der Waals surface area contributed by atoms with E-state index >= 15 is 0 Å². The van der Waals surface area contributed by atoms with Gasteiger partial charge in [0.15, 0.2) is 0 Å². The van der Waals surface area contributed by atoms with Crippen molar-refractivity contribution in [2.24, 2.45) is 13.0 Å². The summed E-state index contributed by atoms with van der Waals surface area (Å²) in [4.78, 5) is 17.4. The van der Waals surface area contributed by atoms with Gasteiger partial charge in [0.25, 0.3) is 5.91 Å². The number of nitrogens with one attached hydrogen (secondary N) is 1. The Morgan fingerprint density at radius 1 is 1.19 bits per heavy atom. The van der Waals surface area contributed by atoms with Gasteiger partial charge in [-0.3, -0.25) is 9.78 Å². The molecule has 31 heavy (non-hydrogen) atoms. The lowest BCUT2D eigenvalue weighted by atomic mass is 10.0. The molecule has 0 aliphatic carbocycles. The maximum Gasteiger partial charge on any atom is 0.268 e. The Morgan fingerprint density at radius 2 is 1.90 bits per heavy atom. The van der Waals surface area contributed by atoms with E-state index in [0.717, 1.165) is 29.2 Å². The third kappa shape index (κ3) is 4.09. The first-order valence-electron chi connectivity index (χ1n) is 10.6. The second-order valence-corrected chi connectivity index (χ2v) is 10.2. The Morgan fingerprint density at radius 3 is 2.65 bits per heavy atom. The van der Waals surface area contributed by atoms with Crippen LogP contribution in [0.25, 0.3) is 10.8 Å². The molecule has 2 aromatic heterocycles. The summed E-state index contributed by atoms with van der Waals surface area (Å²) in [6, 6.07) is 9.37. The van der Waals surface area contributed by atoms with Crippen LogP contribution in [-0.4, -0.2) is 41.3 Å². The third-order valence-corrected chi connectivity index (χ3v) is 8.29. The maximum absolute atomic E-state index is 13.2. The van der Waals surface area contributed by atoms with Crippen molar-refractivity contribution in [2.75, 3.05) is 13.1 Å². The summed E-state index contributed by atoms with van der Waals surface area (Å²) in [5, 5.41) is 4.96. The van der Waals surface area contributed by atoms with Crippen molar-refractivity contribution in [2.45, 2.75) is 38.1 Å². The molecule has 1 fully saturated rings. The molecule has 1 aliphatic heterocycles. The Bertz CT molecular complexity index is 1220. The number of benzene rings is 1. The number of fused-ring (bicyclic) bond motifs is 1. The van der Waals surface area contributed by atoms with Gasteiger partial charge in [0.1, 0.15) is 10.6 Å². The number of carbonyl (C=O) groups is 1. The van der Waals surface area contributed by atoms with Crippen LogP contribution < -0.4 is 5.32 Å². The second-order valence-electron chi connectivity index (χ2n) is 8.33. The largest absolute Gasteiger partial charge is 0.347 e. The van der Waals surface area contributed by atoms with Gasteiger partial charge in [-0.05, 0) is 42.7 Å². The zero-order chi connectivity index (χ0) is 22.2. The van der Waals surface area contributed by atoms with Crippen molar-refractivity contribution < 1.29 is 13.2 Å². The zero-order valence-corrected chi connectivity index (χ0v) is 18.9. The van der Waals surface area contributed by atoms with Crippen molar-refractivity contribution >= 4 is 26.7 Å². The summed E-state index contributed by atoms with van der Waals surface area (Å²) in [6.45, 7) is 5.24. The van der Waals surface area contributed by atoms with E-state index in [1.165, 1.54) is 6.07 Å². The van der Waals surface area contributed by atoms with E-state index in [1.54, 1.807) is 35.2 Å². The highest BCUT2D eigenvalue weighted by Crippen LogP contribution is 2.27. The Labute approximate surface area is 183 Å². The van der Waals surface area contributed by atoms with Gasteiger partial charge in [-0.2, -0.15) is 4.31 Å². The minimum absolute atomic E-state index is 0.210. The Balaban J connectivity index is 1.55. The van der Waals surface area contributed by atoms with Gasteiger partial charge in [0.2, 0.25) is 10.0 Å². The van der Waals surface area contributed by atoms with E-state index in [4.69, 9.17) is 0 Å². The minimum Gasteiger partial charge on any atom is -0.347 e. The van der Waals surface area contributed by atoms with Crippen LogP contribution in [0.1, 0.15) is 41.5 Å². The lowest BCUT2D eigenvalue weighted by Crippen LogP contribution is -2.38. The molecule has 4 rings (SSSR count). The molecule has 0 radical (unpaired) electrons. The monoisotopic (exact) mass is 440 g/mol. The first-order valence-corrected chi connectivity index (χ1v) is 12.0. The van der Waals surface area contributed by atoms with Gasteiger partial charge in [0.05, 0.1) is 0 Å². The molecule has 164 valence electrons. The molecular weight excluding hydrogens is 412 g/mol. The number of pyridine rings is 1. The van der Waals surface area contributed by atoms with Crippen molar-refractivity contribution in [1.29, 1.82) is 0 Å². The number of carbonyl (C=O) groups excluding carboxylic acids is 1. The van der Waals surface area contributed by atoms with Crippen molar-refractivity contribution in [3.05, 3.63) is 59.7 Å². The normalized spacial score (nSPS) is 16.0. The quantitative estimate of drug-likeness (QED) is 0.660. The highest BCUT2D eigenvalue weighted by atomic mass is 32.2. The highest BCUT2D eigenvalue weighted by Gasteiger charge is 2.32. The van der Waals surface area contributed by atoms with Crippen LogP contribution in [0.5, 0.6) is 0 Å². The number of aromatic nitrogens is 2. The molecule has 0 unspecified atom stereocenters. The van der Waals surface area contributed by atoms with Gasteiger partial charge in [-0.1, -0.05) is 31.2 Å². The van der Waals surface area contributed by atoms with E-state index in [1.807, 2.05) is 24.3 Å². The van der Waals surface area contributed by atoms with E-state index < -0.39 is 10.0 Å². The van der Waals surface area contributed by atoms with E-state index in [-0.39, 0.29) is 10.8 Å². The number of rotatable bonds is 5. The molecule has 3 heterocycles. The number of piperidine rings is 1.